The van der Waals surface area contributed by atoms with Gasteiger partial charge in [0.2, 0.25) is 0 Å². The molecule has 0 amide bonds. The summed E-state index contributed by atoms with van der Waals surface area (Å²) in [4.78, 5) is 0. The Morgan fingerprint density at radius 3 is 0.917 bits per heavy atom. The van der Waals surface area contributed by atoms with E-state index in [4.69, 9.17) is 43.4 Å². The van der Waals surface area contributed by atoms with Gasteiger partial charge in [0.1, 0.15) is 67.1 Å². The third-order valence-electron chi connectivity index (χ3n) is 11.4. The Morgan fingerprint density at radius 1 is 0.333 bits per heavy atom. The van der Waals surface area contributed by atoms with Crippen molar-refractivity contribution in [3.05, 3.63) is 0 Å². The van der Waals surface area contributed by atoms with Crippen LogP contribution in [0.25, 0.3) is 0 Å². The molecule has 5 fully saturated rings. The Hall–Kier alpha value is -0.920. The van der Waals surface area contributed by atoms with E-state index in [0.717, 1.165) is 0 Å². The fraction of sp³-hybridized carbons (Fsp3) is 1.00. The van der Waals surface area contributed by atoms with Crippen LogP contribution in [0.2, 0.25) is 0 Å². The lowest BCUT2D eigenvalue weighted by Gasteiger charge is -2.45. The van der Waals surface area contributed by atoms with Gasteiger partial charge in [0.15, 0.2) is 31.5 Å². The summed E-state index contributed by atoms with van der Waals surface area (Å²) in [6, 6.07) is 0. The molecule has 5 aliphatic rings. The maximum absolute atomic E-state index is 10.0. The fourth-order valence-corrected chi connectivity index (χ4v) is 6.99. The van der Waals surface area contributed by atoms with Gasteiger partial charge in [0.25, 0.3) is 0 Å². The van der Waals surface area contributed by atoms with Crippen molar-refractivity contribution in [2.45, 2.75) is 184 Å². The van der Waals surface area contributed by atoms with Gasteiger partial charge >= 0.3 is 0 Å². The minimum Gasteiger partial charge on any atom is -0.394 e. The Labute approximate surface area is 348 Å². The number of aliphatic hydroxyl groups is 16. The van der Waals surface area contributed by atoms with Gasteiger partial charge in [-0.25, -0.2) is 0 Å². The van der Waals surface area contributed by atoms with Crippen molar-refractivity contribution in [2.24, 2.45) is 23.7 Å². The van der Waals surface area contributed by atoms with Crippen molar-refractivity contribution in [1.29, 1.82) is 0 Å². The molecule has 16 N–H and O–H groups in total. The molecule has 5 rings (SSSR count). The predicted molar refractivity (Wildman–Crippen MR) is 200 cm³/mol. The summed E-state index contributed by atoms with van der Waals surface area (Å²) in [5.41, 5.74) is 0. The van der Waals surface area contributed by atoms with E-state index in [1.54, 1.807) is 20.8 Å². The zero-order valence-electron chi connectivity index (χ0n) is 35.0. The van der Waals surface area contributed by atoms with Crippen molar-refractivity contribution < 1.29 is 115 Å². The third-order valence-corrected chi connectivity index (χ3v) is 11.4. The smallest absolute Gasteiger partial charge is 0.189 e. The van der Waals surface area contributed by atoms with Crippen LogP contribution in [0.1, 0.15) is 54.9 Å². The number of ether oxygens (including phenoxy) is 7. The summed E-state index contributed by atoms with van der Waals surface area (Å²) < 4.78 is 37.5. The Bertz CT molecular complexity index is 1030. The zero-order chi connectivity index (χ0) is 45.9. The van der Waals surface area contributed by atoms with E-state index in [1.165, 1.54) is 6.92 Å². The van der Waals surface area contributed by atoms with Gasteiger partial charge in [-0.15, -0.1) is 0 Å². The highest BCUT2D eigenvalue weighted by molar-refractivity contribution is 4.93. The molecule has 23 heteroatoms. The quantitative estimate of drug-likeness (QED) is 0.102. The molecule has 0 spiro atoms. The van der Waals surface area contributed by atoms with Crippen molar-refractivity contribution in [2.75, 3.05) is 26.4 Å². The second-order valence-electron chi connectivity index (χ2n) is 15.5. The summed E-state index contributed by atoms with van der Waals surface area (Å²) in [6.07, 6.45) is -23.5. The molecule has 0 aromatic rings. The van der Waals surface area contributed by atoms with E-state index < -0.39 is 179 Å². The average molecular weight is 885 g/mol. The lowest BCUT2D eigenvalue weighted by Crippen LogP contribution is -2.62. The molecule has 0 saturated carbocycles. The number of rotatable bonds is 9. The summed E-state index contributed by atoms with van der Waals surface area (Å²) in [6.45, 7) is 10.1. The molecule has 5 aliphatic heterocycles. The van der Waals surface area contributed by atoms with Gasteiger partial charge in [0, 0.05) is 23.7 Å². The molecular formula is C37H72O23. The zero-order valence-corrected chi connectivity index (χ0v) is 35.0. The molecule has 5 heterocycles. The van der Waals surface area contributed by atoms with E-state index in [2.05, 4.69) is 0 Å². The van der Waals surface area contributed by atoms with Gasteiger partial charge in [-0.05, 0) is 6.42 Å². The molecule has 0 aliphatic carbocycles. The summed E-state index contributed by atoms with van der Waals surface area (Å²) >= 11 is 0. The largest absolute Gasteiger partial charge is 0.394 e. The number of hydrogen-bond donors (Lipinski definition) is 16. The Morgan fingerprint density at radius 2 is 0.600 bits per heavy atom. The molecule has 358 valence electrons. The molecule has 11 unspecified atom stereocenters. The fourth-order valence-electron chi connectivity index (χ4n) is 6.99. The maximum Gasteiger partial charge on any atom is 0.189 e. The van der Waals surface area contributed by atoms with Crippen molar-refractivity contribution in [3.63, 3.8) is 0 Å². The van der Waals surface area contributed by atoms with E-state index in [0.29, 0.717) is 6.42 Å². The van der Waals surface area contributed by atoms with Gasteiger partial charge < -0.3 is 115 Å². The Kier molecular flexibility index (Phi) is 23.5. The summed E-state index contributed by atoms with van der Waals surface area (Å²) in [5.74, 6) is -2.37. The van der Waals surface area contributed by atoms with Crippen LogP contribution in [0.15, 0.2) is 0 Å². The third kappa shape index (κ3) is 13.1. The van der Waals surface area contributed by atoms with Gasteiger partial charge in [-0.1, -0.05) is 48.5 Å². The lowest BCUT2D eigenvalue weighted by atomic mass is 9.91. The second kappa shape index (κ2) is 25.5. The molecule has 0 bridgehead atoms. The van der Waals surface area contributed by atoms with Crippen LogP contribution in [0.4, 0.5) is 0 Å². The monoisotopic (exact) mass is 884 g/mol. The molecule has 60 heavy (non-hydrogen) atoms. The van der Waals surface area contributed by atoms with Crippen molar-refractivity contribution >= 4 is 0 Å². The molecule has 0 radical (unpaired) electrons. The highest BCUT2D eigenvalue weighted by Crippen LogP contribution is 2.34. The first kappa shape index (κ1) is 55.2. The normalized spacial score (nSPS) is 49.5. The van der Waals surface area contributed by atoms with E-state index in [9.17, 15) is 71.5 Å². The number of aliphatic hydroxyl groups excluding tert-OH is 16. The first-order valence-electron chi connectivity index (χ1n) is 20.4. The van der Waals surface area contributed by atoms with Gasteiger partial charge in [-0.3, -0.25) is 0 Å². The average Bonchev–Trinajstić information content (AvgIpc) is 3.25. The number of hydrogen-bond acceptors (Lipinski definition) is 23. The minimum atomic E-state index is -1.61. The SMILES string of the molecule is CC.CC1C(O)[C@H](O)C(CO)O[C@@H]1O[C@H]1OC(CO)[C@@H](O)[C@H](O)C1C.CCC1O[C@@H](O)C(C)[C@@H](O)[C@@H]1O.C[C@@H]1C(O)[C@H](O)C(CO)O[C@@H]1O[C@H]1OC(CO)[C@@H](O)[C@H](O)C1O. The van der Waals surface area contributed by atoms with Gasteiger partial charge in [-0.2, -0.15) is 0 Å². The molecule has 25 atom stereocenters. The van der Waals surface area contributed by atoms with Gasteiger partial charge in [0.05, 0.1) is 56.9 Å². The highest BCUT2D eigenvalue weighted by atomic mass is 16.8. The predicted octanol–water partition coefficient (Wildman–Crippen LogP) is -6.47. The molecule has 23 nitrogen and oxygen atoms in total. The van der Waals surface area contributed by atoms with Crippen LogP contribution in [-0.4, -0.2) is 237 Å². The molecule has 5 saturated heterocycles. The first-order valence-corrected chi connectivity index (χ1v) is 20.4. The van der Waals surface area contributed by atoms with Crippen LogP contribution >= 0.6 is 0 Å². The van der Waals surface area contributed by atoms with E-state index in [1.807, 2.05) is 20.8 Å². The summed E-state index contributed by atoms with van der Waals surface area (Å²) in [7, 11) is 0. The standard InChI is InChI=1S/C14H26O9.C13H24O10.C8H16O4.C2H6/c1-5-9(17)11(19)7(3-15)21-13(5)23-14-6(2)10(18)12(20)8(4-16)22-14;1-4-7(16)8(17)5(2-14)21-12(4)23-13-11(20)10(19)9(18)6(3-15)22-13;1-3-5-7(10)6(9)4(2)8(11)12-5;1-2/h5-20H,3-4H2,1-2H3;4-20H,2-3H2,1H3;4-11H,3H2,1-2H3;1-2H3/t5?,6?,7?,8?,9-,10?,11-,12-,13-,14-;4-,5?,6?,7?,8-,9-,10+,11?,12-,13-;4?,5?,6-,7-,8-;/m111./s1. The topological polar surface area (TPSA) is 388 Å². The maximum atomic E-state index is 10.0. The highest BCUT2D eigenvalue weighted by Gasteiger charge is 2.50. The minimum absolute atomic E-state index is 0.428. The molecule has 0 aromatic carbocycles. The summed E-state index contributed by atoms with van der Waals surface area (Å²) in [5, 5.41) is 154. The molecule has 0 aromatic heterocycles. The van der Waals surface area contributed by atoms with Crippen LogP contribution in [0, 0.1) is 23.7 Å². The lowest BCUT2D eigenvalue weighted by molar-refractivity contribution is -0.369. The van der Waals surface area contributed by atoms with Crippen LogP contribution < -0.4 is 0 Å². The van der Waals surface area contributed by atoms with Crippen molar-refractivity contribution in [3.8, 4) is 0 Å². The van der Waals surface area contributed by atoms with E-state index in [-0.39, 0.29) is 0 Å². The van der Waals surface area contributed by atoms with Crippen molar-refractivity contribution in [1.82, 2.24) is 0 Å². The van der Waals surface area contributed by atoms with Crippen LogP contribution in [0.5, 0.6) is 0 Å². The van der Waals surface area contributed by atoms with E-state index >= 15 is 0 Å². The molecular weight excluding hydrogens is 812 g/mol. The van der Waals surface area contributed by atoms with Crippen LogP contribution in [0.3, 0.4) is 0 Å². The van der Waals surface area contributed by atoms with Crippen LogP contribution in [-0.2, 0) is 33.2 Å². The first-order chi connectivity index (χ1) is 28.2. The second-order valence-corrected chi connectivity index (χ2v) is 15.5. The Balaban J connectivity index is 0.000000318.